The Morgan fingerprint density at radius 2 is 1.89 bits per heavy atom. The Morgan fingerprint density at radius 1 is 1.16 bits per heavy atom. The molecule has 1 N–H and O–H groups in total. The fourth-order valence-electron chi connectivity index (χ4n) is 1.46. The molecule has 0 saturated heterocycles. The van der Waals surface area contributed by atoms with Crippen LogP contribution in [0.4, 0.5) is 5.82 Å². The molecule has 0 aliphatic heterocycles. The first-order valence-corrected chi connectivity index (χ1v) is 7.74. The summed E-state index contributed by atoms with van der Waals surface area (Å²) < 4.78 is 2.50. The van der Waals surface area contributed by atoms with Gasteiger partial charge in [-0.3, -0.25) is 4.79 Å². The quantitative estimate of drug-likeness (QED) is 0.707. The molecule has 0 bridgehead atoms. The molecule has 0 unspecified atom stereocenters. The highest BCUT2D eigenvalue weighted by Crippen LogP contribution is 2.23. The van der Waals surface area contributed by atoms with Crippen LogP contribution in [0.25, 0.3) is 0 Å². The van der Waals surface area contributed by atoms with Crippen LogP contribution >= 0.6 is 47.8 Å². The number of amides is 1. The van der Waals surface area contributed by atoms with Gasteiger partial charge >= 0.3 is 0 Å². The molecule has 19 heavy (non-hydrogen) atoms. The minimum Gasteiger partial charge on any atom is -0.307 e. The number of nitrogens with zero attached hydrogens (tertiary/aromatic N) is 1. The van der Waals surface area contributed by atoms with Gasteiger partial charge in [0, 0.05) is 19.6 Å². The van der Waals surface area contributed by atoms with Gasteiger partial charge in [-0.2, -0.15) is 0 Å². The van der Waals surface area contributed by atoms with Gasteiger partial charge in [0.2, 0.25) is 0 Å². The van der Waals surface area contributed by atoms with E-state index in [0.29, 0.717) is 11.4 Å². The van der Waals surface area contributed by atoms with E-state index in [0.717, 1.165) is 19.0 Å². The normalized spacial score (nSPS) is 10.3. The van der Waals surface area contributed by atoms with Gasteiger partial charge in [0.25, 0.3) is 5.91 Å². The van der Waals surface area contributed by atoms with Gasteiger partial charge in [-0.05, 0) is 68.6 Å². The zero-order valence-corrected chi connectivity index (χ0v) is 14.6. The number of aromatic nitrogens is 1. The molecular weight excluding hydrogens is 440 g/mol. The predicted octanol–water partition coefficient (Wildman–Crippen LogP) is 4.93. The van der Waals surface area contributed by atoms with Crippen molar-refractivity contribution in [1.29, 1.82) is 0 Å². The summed E-state index contributed by atoms with van der Waals surface area (Å²) in [5.74, 6) is 0.319. The second kappa shape index (κ2) is 6.15. The summed E-state index contributed by atoms with van der Waals surface area (Å²) in [7, 11) is 0. The number of anilines is 1. The third kappa shape index (κ3) is 3.64. The number of hydrogen-bond acceptors (Lipinski definition) is 2. The molecule has 3 nitrogen and oxygen atoms in total. The molecule has 0 aliphatic rings. The zero-order chi connectivity index (χ0) is 14.0. The van der Waals surface area contributed by atoms with Crippen LogP contribution in [-0.2, 0) is 0 Å². The van der Waals surface area contributed by atoms with E-state index in [9.17, 15) is 4.79 Å². The van der Waals surface area contributed by atoms with Crippen LogP contribution in [0, 0.1) is 6.92 Å². The number of carbonyl (C=O) groups is 1. The lowest BCUT2D eigenvalue weighted by atomic mass is 10.2. The molecule has 0 fully saturated rings. The van der Waals surface area contributed by atoms with Crippen molar-refractivity contribution in [3.63, 3.8) is 0 Å². The van der Waals surface area contributed by atoms with E-state index in [1.165, 1.54) is 0 Å². The average molecular weight is 449 g/mol. The largest absolute Gasteiger partial charge is 0.307 e. The molecule has 6 heteroatoms. The molecule has 1 aromatic heterocycles. The maximum atomic E-state index is 12.2. The summed E-state index contributed by atoms with van der Waals surface area (Å²) in [4.78, 5) is 16.3. The van der Waals surface area contributed by atoms with Crippen molar-refractivity contribution in [2.24, 2.45) is 0 Å². The maximum Gasteiger partial charge on any atom is 0.258 e. The summed E-state index contributed by atoms with van der Waals surface area (Å²) in [5.41, 5.74) is 1.57. The first-order chi connectivity index (χ1) is 8.97. The second-order valence-corrected chi connectivity index (χ2v) is 6.52. The molecule has 1 heterocycles. The molecular formula is C13H9Br3N2O. The second-order valence-electron chi connectivity index (χ2n) is 3.90. The SMILES string of the molecule is Cc1cc(NC(=O)c2cc(Br)ccc2Br)ncc1Br. The van der Waals surface area contributed by atoms with Crippen molar-refractivity contribution in [1.82, 2.24) is 4.98 Å². The molecule has 98 valence electrons. The number of pyridine rings is 1. The standard InChI is InChI=1S/C13H9Br3N2O/c1-7-4-12(17-6-11(7)16)18-13(19)9-5-8(14)2-3-10(9)15/h2-6H,1H3,(H,17,18,19). The molecule has 0 aliphatic carbocycles. The van der Waals surface area contributed by atoms with E-state index in [1.54, 1.807) is 12.3 Å². The first kappa shape index (κ1) is 14.7. The Labute approximate surface area is 136 Å². The van der Waals surface area contributed by atoms with E-state index in [4.69, 9.17) is 0 Å². The number of benzene rings is 1. The molecule has 1 amide bonds. The highest BCUT2D eigenvalue weighted by atomic mass is 79.9. The van der Waals surface area contributed by atoms with Crippen LogP contribution in [0.3, 0.4) is 0 Å². The molecule has 1 aromatic carbocycles. The lowest BCUT2D eigenvalue weighted by Gasteiger charge is -2.08. The van der Waals surface area contributed by atoms with Crippen molar-refractivity contribution in [2.75, 3.05) is 5.32 Å². The van der Waals surface area contributed by atoms with Crippen LogP contribution in [0.1, 0.15) is 15.9 Å². The van der Waals surface area contributed by atoms with Gasteiger partial charge in [-0.25, -0.2) is 4.98 Å². The molecule has 0 spiro atoms. The molecule has 0 atom stereocenters. The number of hydrogen-bond donors (Lipinski definition) is 1. The summed E-state index contributed by atoms with van der Waals surface area (Å²) in [5, 5.41) is 2.77. The molecule has 0 saturated carbocycles. The number of halogens is 3. The highest BCUT2D eigenvalue weighted by Gasteiger charge is 2.11. The van der Waals surface area contributed by atoms with Gasteiger partial charge in [0.1, 0.15) is 5.82 Å². The average Bonchev–Trinajstić information content (AvgIpc) is 2.36. The molecule has 0 radical (unpaired) electrons. The minimum absolute atomic E-state index is 0.206. The monoisotopic (exact) mass is 446 g/mol. The summed E-state index contributed by atoms with van der Waals surface area (Å²) in [6, 6.07) is 7.25. The van der Waals surface area contributed by atoms with Crippen LogP contribution in [0.5, 0.6) is 0 Å². The number of nitrogens with one attached hydrogen (secondary N) is 1. The lowest BCUT2D eigenvalue weighted by Crippen LogP contribution is -2.13. The van der Waals surface area contributed by atoms with E-state index in [-0.39, 0.29) is 5.91 Å². The van der Waals surface area contributed by atoms with Crippen LogP contribution in [0.2, 0.25) is 0 Å². The van der Waals surface area contributed by atoms with E-state index in [1.807, 2.05) is 25.1 Å². The smallest absolute Gasteiger partial charge is 0.258 e. The third-order valence-electron chi connectivity index (χ3n) is 2.46. The summed E-state index contributed by atoms with van der Waals surface area (Å²) in [6.45, 7) is 1.94. The van der Waals surface area contributed by atoms with Crippen LogP contribution < -0.4 is 5.32 Å². The van der Waals surface area contributed by atoms with Crippen molar-refractivity contribution >= 4 is 59.5 Å². The number of rotatable bonds is 2. The number of aryl methyl sites for hydroxylation is 1. The van der Waals surface area contributed by atoms with Gasteiger partial charge in [0.05, 0.1) is 5.56 Å². The first-order valence-electron chi connectivity index (χ1n) is 5.36. The van der Waals surface area contributed by atoms with Crippen LogP contribution in [-0.4, -0.2) is 10.9 Å². The van der Waals surface area contributed by atoms with Gasteiger partial charge in [-0.1, -0.05) is 15.9 Å². The lowest BCUT2D eigenvalue weighted by molar-refractivity contribution is 0.102. The van der Waals surface area contributed by atoms with Gasteiger partial charge < -0.3 is 5.32 Å². The highest BCUT2D eigenvalue weighted by molar-refractivity contribution is 9.11. The van der Waals surface area contributed by atoms with Crippen molar-refractivity contribution in [2.45, 2.75) is 6.92 Å². The van der Waals surface area contributed by atoms with Crippen molar-refractivity contribution < 1.29 is 4.79 Å². The van der Waals surface area contributed by atoms with Crippen LogP contribution in [0.15, 0.2) is 43.9 Å². The Kier molecular flexibility index (Phi) is 4.76. The Hall–Kier alpha value is -0.720. The fraction of sp³-hybridized carbons (Fsp3) is 0.0769. The minimum atomic E-state index is -0.206. The molecule has 2 rings (SSSR count). The predicted molar refractivity (Wildman–Crippen MR) is 86.5 cm³/mol. The summed E-state index contributed by atoms with van der Waals surface area (Å²) >= 11 is 10.1. The fourth-order valence-corrected chi connectivity index (χ4v) is 2.47. The van der Waals surface area contributed by atoms with Crippen molar-refractivity contribution in [3.05, 3.63) is 55.0 Å². The Bertz CT molecular complexity index is 644. The van der Waals surface area contributed by atoms with E-state index >= 15 is 0 Å². The Balaban J connectivity index is 2.25. The Morgan fingerprint density at radius 3 is 2.58 bits per heavy atom. The van der Waals surface area contributed by atoms with E-state index in [2.05, 4.69) is 58.1 Å². The number of carbonyl (C=O) groups excluding carboxylic acids is 1. The third-order valence-corrected chi connectivity index (χ3v) is 4.48. The molecule has 2 aromatic rings. The van der Waals surface area contributed by atoms with Crippen molar-refractivity contribution in [3.8, 4) is 0 Å². The topological polar surface area (TPSA) is 42.0 Å². The maximum absolute atomic E-state index is 12.2. The van der Waals surface area contributed by atoms with Gasteiger partial charge in [0.15, 0.2) is 0 Å². The van der Waals surface area contributed by atoms with E-state index < -0.39 is 0 Å². The zero-order valence-electron chi connectivity index (χ0n) is 9.88. The van der Waals surface area contributed by atoms with Gasteiger partial charge in [-0.15, -0.1) is 0 Å². The summed E-state index contributed by atoms with van der Waals surface area (Å²) in [6.07, 6.45) is 1.67.